The minimum absolute atomic E-state index is 0.00260. The van der Waals surface area contributed by atoms with E-state index in [-0.39, 0.29) is 24.1 Å². The van der Waals surface area contributed by atoms with Crippen LogP contribution >= 0.6 is 0 Å². The number of anilines is 1. The summed E-state index contributed by atoms with van der Waals surface area (Å²) in [5, 5.41) is 25.2. The van der Waals surface area contributed by atoms with E-state index in [1.54, 1.807) is 0 Å². The third-order valence-corrected chi connectivity index (χ3v) is 7.07. The van der Waals surface area contributed by atoms with Gasteiger partial charge in [0.1, 0.15) is 0 Å². The summed E-state index contributed by atoms with van der Waals surface area (Å²) in [5.41, 5.74) is -6.70. The number of nitriles is 1. The van der Waals surface area contributed by atoms with Crippen LogP contribution in [0.4, 0.5) is 32.0 Å². The van der Waals surface area contributed by atoms with Crippen molar-refractivity contribution in [3.05, 3.63) is 46.8 Å². The van der Waals surface area contributed by atoms with Crippen LogP contribution in [0.5, 0.6) is 0 Å². The average Bonchev–Trinajstić information content (AvgIpc) is 2.95. The van der Waals surface area contributed by atoms with Gasteiger partial charge in [0.15, 0.2) is 5.69 Å². The second kappa shape index (κ2) is 6.73. The zero-order valence-corrected chi connectivity index (χ0v) is 17.3. The highest BCUT2D eigenvalue weighted by Crippen LogP contribution is 2.78. The molecule has 5 rings (SSSR count). The summed E-state index contributed by atoms with van der Waals surface area (Å²) < 4.78 is 87.8. The van der Waals surface area contributed by atoms with Gasteiger partial charge >= 0.3 is 12.4 Å². The zero-order valence-electron chi connectivity index (χ0n) is 17.3. The van der Waals surface area contributed by atoms with Crippen LogP contribution in [-0.2, 0) is 34.3 Å². The number of benzene rings is 1. The van der Waals surface area contributed by atoms with Crippen LogP contribution in [0.1, 0.15) is 35.2 Å². The first kappa shape index (κ1) is 22.7. The van der Waals surface area contributed by atoms with Gasteiger partial charge in [0.2, 0.25) is 5.91 Å². The maximum atomic E-state index is 13.7. The van der Waals surface area contributed by atoms with Crippen molar-refractivity contribution in [3.8, 4) is 6.07 Å². The first-order chi connectivity index (χ1) is 15.8. The fraction of sp³-hybridized carbons (Fsp3) is 0.476. The van der Waals surface area contributed by atoms with Crippen LogP contribution in [0.25, 0.3) is 0 Å². The molecule has 5 atom stereocenters. The molecule has 34 heavy (non-hydrogen) atoms. The van der Waals surface area contributed by atoms with Crippen molar-refractivity contribution in [2.75, 3.05) is 5.32 Å². The Bertz CT molecular complexity index is 1250. The van der Waals surface area contributed by atoms with Gasteiger partial charge in [0, 0.05) is 36.3 Å². The molecule has 1 amide bonds. The predicted molar refractivity (Wildman–Crippen MR) is 101 cm³/mol. The standard InChI is InChI=1S/C21H16F6N4O3/c1-31-7-12(15(30-31)21(25,26)27)18-8-19(18,14-5-13(32)16(18)34-14)17(33)29-10-3-2-9(6-28)11(4-10)20(22,23)24/h2-4,7,13-14,16,32H,5,8H2,1H3,(H,29,33)/t13-,14+,16-,18+,19+/m0/s1. The highest BCUT2D eigenvalue weighted by molar-refractivity contribution is 6.01. The van der Waals surface area contributed by atoms with E-state index in [0.717, 1.165) is 23.0 Å². The molecule has 2 bridgehead atoms. The van der Waals surface area contributed by atoms with E-state index in [9.17, 15) is 36.2 Å². The van der Waals surface area contributed by atoms with Crippen LogP contribution in [0.15, 0.2) is 24.4 Å². The van der Waals surface area contributed by atoms with Crippen LogP contribution in [0, 0.1) is 16.7 Å². The lowest BCUT2D eigenvalue weighted by molar-refractivity contribution is -0.143. The van der Waals surface area contributed by atoms with Crippen LogP contribution in [0.3, 0.4) is 0 Å². The Labute approximate surface area is 187 Å². The number of carbonyl (C=O) groups excluding carboxylic acids is 1. The largest absolute Gasteiger partial charge is 0.435 e. The molecular weight excluding hydrogens is 470 g/mol. The molecule has 0 radical (unpaired) electrons. The number of hydrogen-bond donors (Lipinski definition) is 2. The number of carbonyl (C=O) groups is 1. The Morgan fingerprint density at radius 3 is 2.62 bits per heavy atom. The van der Waals surface area contributed by atoms with Gasteiger partial charge in [0.05, 0.1) is 40.9 Å². The van der Waals surface area contributed by atoms with E-state index in [4.69, 9.17) is 10.00 Å². The monoisotopic (exact) mass is 486 g/mol. The van der Waals surface area contributed by atoms with Gasteiger partial charge in [-0.3, -0.25) is 9.48 Å². The molecular formula is C21H16F6N4O3. The number of aliphatic hydroxyl groups is 1. The molecule has 7 nitrogen and oxygen atoms in total. The molecule has 2 N–H and O–H groups in total. The van der Waals surface area contributed by atoms with Crippen LogP contribution in [0.2, 0.25) is 0 Å². The number of amides is 1. The quantitative estimate of drug-likeness (QED) is 0.650. The summed E-state index contributed by atoms with van der Waals surface area (Å²) in [6, 6.07) is 4.05. The fourth-order valence-corrected chi connectivity index (χ4v) is 5.72. The molecule has 1 aliphatic carbocycles. The fourth-order valence-electron chi connectivity index (χ4n) is 5.72. The van der Waals surface area contributed by atoms with Gasteiger partial charge in [0.25, 0.3) is 0 Å². The number of ether oxygens (including phenoxy) is 1. The Hall–Kier alpha value is -3.11. The number of halogens is 6. The van der Waals surface area contributed by atoms with Crippen molar-refractivity contribution in [2.24, 2.45) is 12.5 Å². The van der Waals surface area contributed by atoms with E-state index < -0.39 is 64.2 Å². The van der Waals surface area contributed by atoms with E-state index in [2.05, 4.69) is 10.4 Å². The molecule has 3 heterocycles. The van der Waals surface area contributed by atoms with Crippen molar-refractivity contribution < 1.29 is 41.0 Å². The van der Waals surface area contributed by atoms with Crippen molar-refractivity contribution in [1.82, 2.24) is 9.78 Å². The zero-order chi connectivity index (χ0) is 24.8. The van der Waals surface area contributed by atoms with Crippen LogP contribution < -0.4 is 5.32 Å². The second-order valence-corrected chi connectivity index (χ2v) is 8.85. The summed E-state index contributed by atoms with van der Waals surface area (Å²) in [4.78, 5) is 13.4. The molecule has 1 saturated carbocycles. The molecule has 1 aromatic heterocycles. The summed E-state index contributed by atoms with van der Waals surface area (Å²) in [5.74, 6) is -0.818. The summed E-state index contributed by atoms with van der Waals surface area (Å²) in [6.45, 7) is 0. The molecule has 2 aliphatic heterocycles. The van der Waals surface area contributed by atoms with E-state index in [1.807, 2.05) is 0 Å². The molecule has 3 aliphatic rings. The van der Waals surface area contributed by atoms with Gasteiger partial charge in [-0.25, -0.2) is 0 Å². The first-order valence-electron chi connectivity index (χ1n) is 10.1. The van der Waals surface area contributed by atoms with Gasteiger partial charge in [-0.1, -0.05) is 0 Å². The van der Waals surface area contributed by atoms with E-state index in [1.165, 1.54) is 13.1 Å². The number of rotatable bonds is 3. The third kappa shape index (κ3) is 2.84. The van der Waals surface area contributed by atoms with Crippen molar-refractivity contribution >= 4 is 11.6 Å². The molecule has 3 fully saturated rings. The normalized spacial score (nSPS) is 31.8. The van der Waals surface area contributed by atoms with Gasteiger partial charge in [-0.15, -0.1) is 0 Å². The van der Waals surface area contributed by atoms with Gasteiger partial charge < -0.3 is 15.2 Å². The molecule has 0 spiro atoms. The number of alkyl halides is 6. The Morgan fingerprint density at radius 2 is 2.00 bits per heavy atom. The number of aryl methyl sites for hydroxylation is 1. The predicted octanol–water partition coefficient (Wildman–Crippen LogP) is 3.13. The number of aromatic nitrogens is 2. The lowest BCUT2D eigenvalue weighted by Gasteiger charge is -2.29. The highest BCUT2D eigenvalue weighted by atomic mass is 19.4. The SMILES string of the molecule is Cn1cc([C@@]23C[C@]2(C(=O)Nc2ccc(C#N)c(C(F)(F)F)c2)[C@H]2C[C@H](O)[C@@H]3O2)c(C(F)(F)F)n1. The highest BCUT2D eigenvalue weighted by Gasteiger charge is 2.88. The van der Waals surface area contributed by atoms with Crippen LogP contribution in [-0.4, -0.2) is 39.1 Å². The summed E-state index contributed by atoms with van der Waals surface area (Å²) >= 11 is 0. The first-order valence-corrected chi connectivity index (χ1v) is 10.1. The number of fused-ring (bicyclic) bond motifs is 5. The maximum absolute atomic E-state index is 13.7. The summed E-state index contributed by atoms with van der Waals surface area (Å²) in [7, 11) is 1.29. The topological polar surface area (TPSA) is 100 Å². The van der Waals surface area contributed by atoms with E-state index >= 15 is 0 Å². The molecule has 13 heteroatoms. The van der Waals surface area contributed by atoms with Crippen molar-refractivity contribution in [3.63, 3.8) is 0 Å². The van der Waals surface area contributed by atoms with Gasteiger partial charge in [-0.05, 0) is 24.6 Å². The molecule has 1 aromatic carbocycles. The number of nitrogens with one attached hydrogen (secondary N) is 1. The Balaban J connectivity index is 1.55. The molecule has 2 aromatic rings. The smallest absolute Gasteiger partial charge is 0.390 e. The number of hydrogen-bond acceptors (Lipinski definition) is 5. The second-order valence-electron chi connectivity index (χ2n) is 8.85. The molecule has 180 valence electrons. The Morgan fingerprint density at radius 1 is 1.29 bits per heavy atom. The van der Waals surface area contributed by atoms with E-state index in [0.29, 0.717) is 6.07 Å². The number of aliphatic hydroxyl groups excluding tert-OH is 1. The third-order valence-electron chi connectivity index (χ3n) is 7.07. The maximum Gasteiger partial charge on any atom is 0.435 e. The minimum atomic E-state index is -4.86. The number of nitrogens with zero attached hydrogens (tertiary/aromatic N) is 3. The Kier molecular flexibility index (Phi) is 4.49. The molecule has 2 saturated heterocycles. The van der Waals surface area contributed by atoms with Crippen molar-refractivity contribution in [1.29, 1.82) is 5.26 Å². The lowest BCUT2D eigenvalue weighted by atomic mass is 9.73. The van der Waals surface area contributed by atoms with Gasteiger partial charge in [-0.2, -0.15) is 36.7 Å². The minimum Gasteiger partial charge on any atom is -0.390 e. The summed E-state index contributed by atoms with van der Waals surface area (Å²) in [6.07, 6.45) is -11.8. The van der Waals surface area contributed by atoms with Crippen molar-refractivity contribution in [2.45, 2.75) is 48.9 Å². The average molecular weight is 486 g/mol. The molecule has 0 unspecified atom stereocenters. The lowest BCUT2D eigenvalue weighted by Crippen LogP contribution is -2.45.